The van der Waals surface area contributed by atoms with E-state index in [2.05, 4.69) is 128 Å². The molecule has 1 aromatic rings. The van der Waals surface area contributed by atoms with Crippen molar-refractivity contribution in [1.29, 1.82) is 0 Å². The Bertz CT molecular complexity index is 847. The van der Waals surface area contributed by atoms with E-state index in [-0.39, 0.29) is 10.1 Å². The van der Waals surface area contributed by atoms with E-state index >= 15 is 0 Å². The third kappa shape index (κ3) is 13.5. The fourth-order valence-corrected chi connectivity index (χ4v) is 21.2. The van der Waals surface area contributed by atoms with E-state index in [0.29, 0.717) is 0 Å². The quantitative estimate of drug-likeness (QED) is 0.125. The van der Waals surface area contributed by atoms with Crippen LogP contribution >= 0.6 is 0 Å². The van der Waals surface area contributed by atoms with Crippen molar-refractivity contribution < 1.29 is 8.85 Å². The Morgan fingerprint density at radius 3 is 1.38 bits per heavy atom. The molecule has 0 radical (unpaired) electrons. The van der Waals surface area contributed by atoms with E-state index in [1.807, 2.05) is 0 Å². The van der Waals surface area contributed by atoms with E-state index < -0.39 is 35.0 Å². The molecule has 1 aromatic carbocycles. The molecule has 0 aromatic heterocycles. The number of rotatable bonds is 20. The van der Waals surface area contributed by atoms with Crippen molar-refractivity contribution >= 4 is 46.8 Å². The third-order valence-corrected chi connectivity index (χ3v) is 33.4. The first-order chi connectivity index (χ1) is 19.4. The van der Waals surface area contributed by atoms with Gasteiger partial charge in [-0.05, 0) is 0 Å². The van der Waals surface area contributed by atoms with Gasteiger partial charge in [-0.2, -0.15) is 0 Å². The fourth-order valence-electron chi connectivity index (χ4n) is 4.91. The molecule has 6 heteroatoms. The Morgan fingerprint density at radius 1 is 0.667 bits per heavy atom. The molecule has 244 valence electrons. The van der Waals surface area contributed by atoms with Gasteiger partial charge < -0.3 is 0 Å². The Morgan fingerprint density at radius 2 is 1.05 bits per heavy atom. The zero-order valence-corrected chi connectivity index (χ0v) is 35.3. The van der Waals surface area contributed by atoms with Crippen LogP contribution in [-0.4, -0.2) is 61.3 Å². The van der Waals surface area contributed by atoms with E-state index in [9.17, 15) is 0 Å². The molecule has 1 rings (SSSR count). The molecule has 0 aliphatic carbocycles. The number of nitrogens with zero attached hydrogens (tertiary/aromatic N) is 1. The second-order valence-corrected chi connectivity index (χ2v) is 38.4. The molecule has 0 atom stereocenters. The summed E-state index contributed by atoms with van der Waals surface area (Å²) in [4.78, 5) is 2.49. The van der Waals surface area contributed by atoms with Gasteiger partial charge in [-0.15, -0.1) is 0 Å². The first-order valence-corrected chi connectivity index (χ1v) is 30.8. The van der Waals surface area contributed by atoms with Crippen LogP contribution in [0.4, 0.5) is 5.69 Å². The molecule has 0 N–H and O–H groups in total. The van der Waals surface area contributed by atoms with Gasteiger partial charge in [-0.3, -0.25) is 0 Å². The Balaban J connectivity index is 3.14. The van der Waals surface area contributed by atoms with E-state index in [1.54, 1.807) is 0 Å². The summed E-state index contributed by atoms with van der Waals surface area (Å²) < 4.78 is 20.6. The average Bonchev–Trinajstić information content (AvgIpc) is 2.90. The van der Waals surface area contributed by atoms with Crippen LogP contribution in [0.2, 0.25) is 49.6 Å². The second kappa shape index (κ2) is 18.2. The number of benzene rings is 1. The predicted molar refractivity (Wildman–Crippen MR) is 199 cm³/mol. The molecular weight excluding hydrogens is 653 g/mol. The van der Waals surface area contributed by atoms with Crippen molar-refractivity contribution in [2.24, 2.45) is 0 Å². The van der Waals surface area contributed by atoms with Crippen molar-refractivity contribution in [3.8, 4) is 0 Å². The van der Waals surface area contributed by atoms with E-state index in [4.69, 9.17) is 8.85 Å². The van der Waals surface area contributed by atoms with Crippen LogP contribution in [0.3, 0.4) is 0 Å². The number of unbranched alkanes of at least 4 members (excludes halogenated alkanes) is 3. The Kier molecular flexibility index (Phi) is 17.3. The van der Waals surface area contributed by atoms with E-state index in [0.717, 1.165) is 26.3 Å². The Labute approximate surface area is 269 Å². The SMILES string of the molecule is CCC[CH2][Sn](/[CH]=C/c1ccc(N(CCO[Si](C)(C)C(C)(C)C)CCO[Si](C)(C)C(C)(C)C)cc1)([CH2]CCC)[CH2]CCC. The van der Waals surface area contributed by atoms with Gasteiger partial charge >= 0.3 is 230 Å². The first kappa shape index (κ1) is 39.9. The topological polar surface area (TPSA) is 21.7 Å². The molecule has 0 amide bonds. The Hall–Kier alpha value is -0.0875. The minimum absolute atomic E-state index is 0.225. The molecule has 42 heavy (non-hydrogen) atoms. The van der Waals surface area contributed by atoms with Crippen molar-refractivity contribution in [2.45, 2.75) is 150 Å². The van der Waals surface area contributed by atoms with Crippen LogP contribution in [0.5, 0.6) is 0 Å². The summed E-state index contributed by atoms with van der Waals surface area (Å²) in [5.74, 6) is 0. The van der Waals surface area contributed by atoms with Crippen molar-refractivity contribution in [1.82, 2.24) is 0 Å². The van der Waals surface area contributed by atoms with Crippen LogP contribution in [0.15, 0.2) is 28.4 Å². The normalized spacial score (nSPS) is 13.7. The number of hydrogen-bond donors (Lipinski definition) is 0. The van der Waals surface area contributed by atoms with Crippen molar-refractivity contribution in [2.75, 3.05) is 31.2 Å². The first-order valence-electron chi connectivity index (χ1n) is 17.3. The molecule has 0 spiro atoms. The van der Waals surface area contributed by atoms with Gasteiger partial charge in [0.2, 0.25) is 0 Å². The number of anilines is 1. The predicted octanol–water partition coefficient (Wildman–Crippen LogP) is 11.9. The van der Waals surface area contributed by atoms with Gasteiger partial charge in [0.1, 0.15) is 0 Å². The zero-order valence-electron chi connectivity index (χ0n) is 30.4. The number of hydrogen-bond acceptors (Lipinski definition) is 3. The summed E-state index contributed by atoms with van der Waals surface area (Å²) in [6, 6.07) is 9.36. The molecular formula is C36H71NO2Si2Sn. The minimum atomic E-state index is -2.28. The summed E-state index contributed by atoms with van der Waals surface area (Å²) in [6.45, 7) is 33.7. The second-order valence-electron chi connectivity index (χ2n) is 15.8. The van der Waals surface area contributed by atoms with Crippen LogP contribution in [0, 0.1) is 0 Å². The average molecular weight is 725 g/mol. The monoisotopic (exact) mass is 725 g/mol. The molecule has 0 unspecified atom stereocenters. The summed E-state index contributed by atoms with van der Waals surface area (Å²) in [5, 5.41) is 0.450. The molecule has 0 aliphatic heterocycles. The molecule has 0 bridgehead atoms. The van der Waals surface area contributed by atoms with E-state index in [1.165, 1.54) is 63.1 Å². The summed E-state index contributed by atoms with van der Waals surface area (Å²) in [6.07, 6.45) is 10.7. The summed E-state index contributed by atoms with van der Waals surface area (Å²) in [7, 11) is -3.56. The van der Waals surface area contributed by atoms with Crippen LogP contribution in [0.1, 0.15) is 106 Å². The molecule has 0 aliphatic rings. The molecule has 0 saturated heterocycles. The van der Waals surface area contributed by atoms with Crippen LogP contribution < -0.4 is 4.90 Å². The maximum absolute atomic E-state index is 6.60. The van der Waals surface area contributed by atoms with Crippen LogP contribution in [-0.2, 0) is 8.85 Å². The van der Waals surface area contributed by atoms with Gasteiger partial charge in [-0.25, -0.2) is 0 Å². The molecule has 0 saturated carbocycles. The fraction of sp³-hybridized carbons (Fsp3) is 0.778. The van der Waals surface area contributed by atoms with Gasteiger partial charge in [0.15, 0.2) is 0 Å². The van der Waals surface area contributed by atoms with Gasteiger partial charge in [0, 0.05) is 0 Å². The molecule has 0 fully saturated rings. The maximum atomic E-state index is 6.60. The van der Waals surface area contributed by atoms with Crippen LogP contribution in [0.25, 0.3) is 6.08 Å². The van der Waals surface area contributed by atoms with Gasteiger partial charge in [-0.1, -0.05) is 41.5 Å². The van der Waals surface area contributed by atoms with Gasteiger partial charge in [0.05, 0.1) is 0 Å². The van der Waals surface area contributed by atoms with Gasteiger partial charge in [0.25, 0.3) is 0 Å². The van der Waals surface area contributed by atoms with Crippen molar-refractivity contribution in [3.05, 3.63) is 33.9 Å². The molecule has 0 heterocycles. The zero-order chi connectivity index (χ0) is 32.1. The molecule has 3 nitrogen and oxygen atoms in total. The summed E-state index contributed by atoms with van der Waals surface area (Å²) >= 11 is -2.28. The van der Waals surface area contributed by atoms with Crippen molar-refractivity contribution in [3.63, 3.8) is 0 Å². The third-order valence-electron chi connectivity index (χ3n) is 10.2. The standard InChI is InChI=1S/C24H44NO2Si2.3C4H9.Sn/c1-12-21-13-15-22(16-14-21)25(17-19-26-28(8,9)23(2,3)4)18-20-27-29(10,11)24(5,6)7;3*1-3-4-2;/h1,12-16H,17-20H2,2-11H3;3*1,3-4H2,2H3;. The summed E-state index contributed by atoms with van der Waals surface area (Å²) in [5.41, 5.74) is 2.64.